The molecule has 1 aromatic carbocycles. The van der Waals surface area contributed by atoms with Crippen molar-refractivity contribution < 1.29 is 14.3 Å². The van der Waals surface area contributed by atoms with E-state index in [-0.39, 0.29) is 0 Å². The van der Waals surface area contributed by atoms with Gasteiger partial charge in [0.2, 0.25) is 0 Å². The SMILES string of the molecule is CCOC(=O)N/N=C/c1ccccc1OCC. The van der Waals surface area contributed by atoms with Crippen molar-refractivity contribution in [2.45, 2.75) is 13.8 Å². The Hall–Kier alpha value is -2.04. The van der Waals surface area contributed by atoms with E-state index in [1.807, 2.05) is 31.2 Å². The van der Waals surface area contributed by atoms with Crippen molar-refractivity contribution in [3.63, 3.8) is 0 Å². The second-order valence-electron chi connectivity index (χ2n) is 3.06. The van der Waals surface area contributed by atoms with Gasteiger partial charge in [-0.3, -0.25) is 0 Å². The van der Waals surface area contributed by atoms with Crippen molar-refractivity contribution in [2.24, 2.45) is 5.10 Å². The van der Waals surface area contributed by atoms with Crippen LogP contribution in [0.2, 0.25) is 0 Å². The summed E-state index contributed by atoms with van der Waals surface area (Å²) in [6.45, 7) is 4.53. The fourth-order valence-electron chi connectivity index (χ4n) is 1.19. The van der Waals surface area contributed by atoms with E-state index in [1.165, 1.54) is 6.21 Å². The minimum absolute atomic E-state index is 0.316. The first-order valence-electron chi connectivity index (χ1n) is 5.45. The van der Waals surface area contributed by atoms with Gasteiger partial charge in [-0.1, -0.05) is 12.1 Å². The average Bonchev–Trinajstić information content (AvgIpc) is 2.32. The number of nitrogens with one attached hydrogen (secondary N) is 1. The molecular formula is C12H16N2O3. The summed E-state index contributed by atoms with van der Waals surface area (Å²) in [6.07, 6.45) is 0.944. The maximum absolute atomic E-state index is 11.0. The molecular weight excluding hydrogens is 220 g/mol. The van der Waals surface area contributed by atoms with Crippen LogP contribution in [-0.2, 0) is 4.74 Å². The van der Waals surface area contributed by atoms with E-state index in [0.717, 1.165) is 11.3 Å². The van der Waals surface area contributed by atoms with Crippen molar-refractivity contribution in [3.05, 3.63) is 29.8 Å². The molecule has 0 aliphatic rings. The lowest BCUT2D eigenvalue weighted by Gasteiger charge is -2.05. The van der Waals surface area contributed by atoms with E-state index in [9.17, 15) is 4.79 Å². The predicted molar refractivity (Wildman–Crippen MR) is 65.4 cm³/mol. The summed E-state index contributed by atoms with van der Waals surface area (Å²) >= 11 is 0. The number of rotatable bonds is 5. The van der Waals surface area contributed by atoms with Crippen LogP contribution in [0.4, 0.5) is 4.79 Å². The number of benzene rings is 1. The lowest BCUT2D eigenvalue weighted by molar-refractivity contribution is 0.152. The summed E-state index contributed by atoms with van der Waals surface area (Å²) in [5, 5.41) is 3.77. The molecule has 0 aromatic heterocycles. The van der Waals surface area contributed by atoms with E-state index >= 15 is 0 Å². The highest BCUT2D eigenvalue weighted by Crippen LogP contribution is 2.15. The highest BCUT2D eigenvalue weighted by atomic mass is 16.5. The Morgan fingerprint density at radius 2 is 2.12 bits per heavy atom. The highest BCUT2D eigenvalue weighted by Gasteiger charge is 2.00. The standard InChI is InChI=1S/C12H16N2O3/c1-3-16-11-8-6-5-7-10(11)9-13-14-12(15)17-4-2/h5-9H,3-4H2,1-2H3,(H,14,15)/b13-9+. The lowest BCUT2D eigenvalue weighted by Crippen LogP contribution is -2.18. The summed E-state index contributed by atoms with van der Waals surface area (Å²) in [5.41, 5.74) is 3.05. The molecule has 0 unspecified atom stereocenters. The van der Waals surface area contributed by atoms with Crippen molar-refractivity contribution in [1.82, 2.24) is 5.43 Å². The highest BCUT2D eigenvalue weighted by molar-refractivity contribution is 5.84. The number of hydrogen-bond acceptors (Lipinski definition) is 4. The Morgan fingerprint density at radius 1 is 1.35 bits per heavy atom. The third kappa shape index (κ3) is 4.55. The number of hydrazone groups is 1. The van der Waals surface area contributed by atoms with Crippen molar-refractivity contribution in [1.29, 1.82) is 0 Å². The van der Waals surface area contributed by atoms with Gasteiger partial charge < -0.3 is 9.47 Å². The summed E-state index contributed by atoms with van der Waals surface area (Å²) in [5.74, 6) is 0.726. The van der Waals surface area contributed by atoms with Gasteiger partial charge in [0.25, 0.3) is 0 Å². The van der Waals surface area contributed by atoms with Gasteiger partial charge in [0.1, 0.15) is 5.75 Å². The van der Waals surface area contributed by atoms with Crippen molar-refractivity contribution >= 4 is 12.3 Å². The van der Waals surface area contributed by atoms with Gasteiger partial charge in [-0.15, -0.1) is 0 Å². The smallest absolute Gasteiger partial charge is 0.427 e. The number of nitrogens with zero attached hydrogens (tertiary/aromatic N) is 1. The molecule has 1 amide bonds. The van der Waals surface area contributed by atoms with E-state index in [4.69, 9.17) is 4.74 Å². The lowest BCUT2D eigenvalue weighted by atomic mass is 10.2. The van der Waals surface area contributed by atoms with Gasteiger partial charge in [0, 0.05) is 5.56 Å². The summed E-state index contributed by atoms with van der Waals surface area (Å²) < 4.78 is 10.1. The molecule has 0 radical (unpaired) electrons. The number of amides is 1. The molecule has 0 fully saturated rings. The first-order valence-corrected chi connectivity index (χ1v) is 5.45. The zero-order valence-corrected chi connectivity index (χ0v) is 9.97. The van der Waals surface area contributed by atoms with Crippen LogP contribution >= 0.6 is 0 Å². The Kier molecular flexibility index (Phi) is 5.57. The average molecular weight is 236 g/mol. The fourth-order valence-corrected chi connectivity index (χ4v) is 1.19. The number of carbonyl (C=O) groups excluding carboxylic acids is 1. The molecule has 1 aromatic rings. The van der Waals surface area contributed by atoms with Crippen LogP contribution in [0.1, 0.15) is 19.4 Å². The molecule has 0 saturated carbocycles. The molecule has 17 heavy (non-hydrogen) atoms. The molecule has 0 bridgehead atoms. The van der Waals surface area contributed by atoms with Gasteiger partial charge in [0.15, 0.2) is 0 Å². The van der Waals surface area contributed by atoms with Crippen LogP contribution < -0.4 is 10.2 Å². The van der Waals surface area contributed by atoms with Crippen LogP contribution in [0.5, 0.6) is 5.75 Å². The van der Waals surface area contributed by atoms with E-state index in [0.29, 0.717) is 13.2 Å². The minimum Gasteiger partial charge on any atom is -0.493 e. The zero-order valence-electron chi connectivity index (χ0n) is 9.97. The van der Waals surface area contributed by atoms with Crippen molar-refractivity contribution in [2.75, 3.05) is 13.2 Å². The maximum Gasteiger partial charge on any atom is 0.427 e. The van der Waals surface area contributed by atoms with Crippen molar-refractivity contribution in [3.8, 4) is 5.75 Å². The second kappa shape index (κ2) is 7.27. The topological polar surface area (TPSA) is 59.9 Å². The molecule has 5 heteroatoms. The minimum atomic E-state index is -0.572. The predicted octanol–water partition coefficient (Wildman–Crippen LogP) is 2.17. The molecule has 5 nitrogen and oxygen atoms in total. The van der Waals surface area contributed by atoms with Crippen LogP contribution in [0, 0.1) is 0 Å². The fraction of sp³-hybridized carbons (Fsp3) is 0.333. The maximum atomic E-state index is 11.0. The third-order valence-corrected chi connectivity index (χ3v) is 1.85. The largest absolute Gasteiger partial charge is 0.493 e. The summed E-state index contributed by atoms with van der Waals surface area (Å²) in [7, 11) is 0. The molecule has 92 valence electrons. The Bertz CT molecular complexity index is 391. The number of ether oxygens (including phenoxy) is 2. The van der Waals surface area contributed by atoms with Crippen LogP contribution in [0.15, 0.2) is 29.4 Å². The molecule has 0 atom stereocenters. The third-order valence-electron chi connectivity index (χ3n) is 1.85. The number of carbonyl (C=O) groups is 1. The van der Waals surface area contributed by atoms with Crippen LogP contribution in [-0.4, -0.2) is 25.5 Å². The summed E-state index contributed by atoms with van der Waals surface area (Å²) in [4.78, 5) is 11.0. The van der Waals surface area contributed by atoms with E-state index < -0.39 is 6.09 Å². The number of hydrogen-bond donors (Lipinski definition) is 1. The van der Waals surface area contributed by atoms with Gasteiger partial charge >= 0.3 is 6.09 Å². The molecule has 1 N–H and O–H groups in total. The molecule has 1 rings (SSSR count). The van der Waals surface area contributed by atoms with Gasteiger partial charge in [-0.25, -0.2) is 10.2 Å². The molecule has 0 saturated heterocycles. The monoisotopic (exact) mass is 236 g/mol. The first-order chi connectivity index (χ1) is 8.27. The Balaban J connectivity index is 2.61. The quantitative estimate of drug-likeness (QED) is 0.629. The van der Waals surface area contributed by atoms with Crippen LogP contribution in [0.25, 0.3) is 0 Å². The summed E-state index contributed by atoms with van der Waals surface area (Å²) in [6, 6.07) is 7.44. The van der Waals surface area contributed by atoms with E-state index in [2.05, 4.69) is 15.3 Å². The van der Waals surface area contributed by atoms with Gasteiger partial charge in [-0.05, 0) is 26.0 Å². The molecule has 0 heterocycles. The number of para-hydroxylation sites is 1. The Labute approximate surface area is 100 Å². The normalized spacial score (nSPS) is 10.2. The first kappa shape index (κ1) is 13.0. The van der Waals surface area contributed by atoms with Gasteiger partial charge in [0.05, 0.1) is 19.4 Å². The molecule has 0 spiro atoms. The molecule has 0 aliphatic carbocycles. The zero-order chi connectivity index (χ0) is 12.5. The Morgan fingerprint density at radius 3 is 2.82 bits per heavy atom. The molecule has 0 aliphatic heterocycles. The second-order valence-corrected chi connectivity index (χ2v) is 3.06. The van der Waals surface area contributed by atoms with Gasteiger partial charge in [-0.2, -0.15) is 5.10 Å². The van der Waals surface area contributed by atoms with E-state index in [1.54, 1.807) is 6.92 Å². The van der Waals surface area contributed by atoms with Crippen LogP contribution in [0.3, 0.4) is 0 Å².